The molecule has 8 nitrogen and oxygen atoms in total. The zero-order chi connectivity index (χ0) is 19.0. The number of nitrogens with one attached hydrogen (secondary N) is 1. The fraction of sp³-hybridized carbons (Fsp3) is 0.211. The van der Waals surface area contributed by atoms with Gasteiger partial charge in [-0.25, -0.2) is 4.98 Å². The lowest BCUT2D eigenvalue weighted by atomic mass is 10.1. The molecule has 0 unspecified atom stereocenters. The first kappa shape index (κ1) is 16.9. The molecule has 0 aliphatic heterocycles. The minimum Gasteiger partial charge on any atom is -0.346 e. The van der Waals surface area contributed by atoms with Crippen LogP contribution >= 0.6 is 0 Å². The van der Waals surface area contributed by atoms with Gasteiger partial charge in [0, 0.05) is 30.4 Å². The van der Waals surface area contributed by atoms with Crippen molar-refractivity contribution < 1.29 is 4.79 Å². The van der Waals surface area contributed by atoms with Crippen molar-refractivity contribution in [3.8, 4) is 11.3 Å². The lowest BCUT2D eigenvalue weighted by Gasteiger charge is -2.09. The van der Waals surface area contributed by atoms with Gasteiger partial charge < -0.3 is 5.32 Å². The van der Waals surface area contributed by atoms with Crippen LogP contribution in [0.2, 0.25) is 0 Å². The molecule has 0 spiro atoms. The first-order valence-electron chi connectivity index (χ1n) is 8.58. The van der Waals surface area contributed by atoms with Crippen LogP contribution < -0.4 is 5.32 Å². The van der Waals surface area contributed by atoms with Gasteiger partial charge in [-0.2, -0.15) is 19.7 Å². The monoisotopic (exact) mass is 361 g/mol. The Morgan fingerprint density at radius 1 is 1.19 bits per heavy atom. The summed E-state index contributed by atoms with van der Waals surface area (Å²) in [5.74, 6) is 0.142. The summed E-state index contributed by atoms with van der Waals surface area (Å²) in [6, 6.07) is 11.4. The molecule has 3 aromatic heterocycles. The van der Waals surface area contributed by atoms with Crippen molar-refractivity contribution in [3.05, 3.63) is 65.4 Å². The number of carbonyl (C=O) groups is 1. The van der Waals surface area contributed by atoms with Gasteiger partial charge in [-0.15, -0.1) is 0 Å². The summed E-state index contributed by atoms with van der Waals surface area (Å²) in [7, 11) is 1.89. The number of nitrogens with zero attached hydrogens (tertiary/aromatic N) is 6. The molecule has 0 saturated heterocycles. The van der Waals surface area contributed by atoms with Crippen molar-refractivity contribution >= 4 is 11.7 Å². The van der Waals surface area contributed by atoms with Gasteiger partial charge in [0.05, 0.1) is 11.4 Å². The molecule has 136 valence electrons. The first-order valence-corrected chi connectivity index (χ1v) is 8.58. The zero-order valence-electron chi connectivity index (χ0n) is 15.3. The molecule has 1 N–H and O–H groups in total. The molecule has 27 heavy (non-hydrogen) atoms. The highest BCUT2D eigenvalue weighted by Crippen LogP contribution is 2.19. The van der Waals surface area contributed by atoms with Gasteiger partial charge >= 0.3 is 0 Å². The topological polar surface area (TPSA) is 90.0 Å². The van der Waals surface area contributed by atoms with Crippen molar-refractivity contribution in [1.29, 1.82) is 0 Å². The Hall–Kier alpha value is -3.55. The highest BCUT2D eigenvalue weighted by atomic mass is 16.2. The normalized spacial score (nSPS) is 11.1. The first-order chi connectivity index (χ1) is 13.0. The second kappa shape index (κ2) is 6.64. The standard InChI is InChI=1S/C19H19N7O/c1-12-15(13(2)25(3)24-12)10-20-18(27)17-9-16(14-7-5-4-6-8-14)23-19-21-11-22-26(17)19/h4-9,11H,10H2,1-3H3,(H,20,27). The van der Waals surface area contributed by atoms with Crippen molar-refractivity contribution in [2.45, 2.75) is 20.4 Å². The summed E-state index contributed by atoms with van der Waals surface area (Å²) in [6.07, 6.45) is 1.39. The lowest BCUT2D eigenvalue weighted by molar-refractivity contribution is 0.0943. The van der Waals surface area contributed by atoms with Crippen LogP contribution in [0.15, 0.2) is 42.7 Å². The van der Waals surface area contributed by atoms with Crippen molar-refractivity contribution in [2.24, 2.45) is 7.05 Å². The highest BCUT2D eigenvalue weighted by molar-refractivity contribution is 5.94. The number of hydrogen-bond donors (Lipinski definition) is 1. The Morgan fingerprint density at radius 3 is 2.67 bits per heavy atom. The van der Waals surface area contributed by atoms with E-state index in [1.54, 1.807) is 6.07 Å². The van der Waals surface area contributed by atoms with Gasteiger partial charge in [-0.1, -0.05) is 30.3 Å². The van der Waals surface area contributed by atoms with E-state index in [-0.39, 0.29) is 5.91 Å². The lowest BCUT2D eigenvalue weighted by Crippen LogP contribution is -2.26. The Bertz CT molecular complexity index is 1130. The largest absolute Gasteiger partial charge is 0.346 e. The summed E-state index contributed by atoms with van der Waals surface area (Å²) >= 11 is 0. The van der Waals surface area contributed by atoms with Crippen LogP contribution in [-0.2, 0) is 13.6 Å². The van der Waals surface area contributed by atoms with Crippen molar-refractivity contribution in [3.63, 3.8) is 0 Å². The van der Waals surface area contributed by atoms with Gasteiger partial charge in [0.2, 0.25) is 0 Å². The van der Waals surface area contributed by atoms with E-state index in [1.807, 2.05) is 55.9 Å². The number of amides is 1. The molecule has 0 aliphatic rings. The fourth-order valence-corrected chi connectivity index (χ4v) is 3.06. The Kier molecular flexibility index (Phi) is 4.15. The maximum absolute atomic E-state index is 12.9. The molecule has 1 amide bonds. The summed E-state index contributed by atoms with van der Waals surface area (Å²) in [6.45, 7) is 4.31. The molecular formula is C19H19N7O. The van der Waals surface area contributed by atoms with E-state index in [2.05, 4.69) is 25.5 Å². The van der Waals surface area contributed by atoms with Crippen LogP contribution in [0, 0.1) is 13.8 Å². The molecular weight excluding hydrogens is 342 g/mol. The molecule has 8 heteroatoms. The molecule has 0 atom stereocenters. The molecule has 3 heterocycles. The van der Waals surface area contributed by atoms with E-state index in [9.17, 15) is 4.79 Å². The minimum absolute atomic E-state index is 0.243. The van der Waals surface area contributed by atoms with Crippen molar-refractivity contribution in [1.82, 2.24) is 34.7 Å². The number of hydrogen-bond acceptors (Lipinski definition) is 5. The smallest absolute Gasteiger partial charge is 0.270 e. The van der Waals surface area contributed by atoms with Gasteiger partial charge in [-0.05, 0) is 19.9 Å². The zero-order valence-corrected chi connectivity index (χ0v) is 15.3. The number of carbonyl (C=O) groups excluding carboxylic acids is 1. The molecule has 0 aliphatic carbocycles. The summed E-state index contributed by atoms with van der Waals surface area (Å²) in [4.78, 5) is 21.5. The number of aromatic nitrogens is 6. The SMILES string of the molecule is Cc1nn(C)c(C)c1CNC(=O)c1cc(-c2ccccc2)nc2ncnn12. The van der Waals surface area contributed by atoms with Crippen LogP contribution in [0.4, 0.5) is 0 Å². The molecule has 0 fully saturated rings. The Morgan fingerprint density at radius 2 is 1.96 bits per heavy atom. The summed E-state index contributed by atoms with van der Waals surface area (Å²) in [5.41, 5.74) is 4.92. The van der Waals surface area contributed by atoms with Gasteiger partial charge in [0.25, 0.3) is 11.7 Å². The van der Waals surface area contributed by atoms with Gasteiger partial charge in [0.1, 0.15) is 12.0 Å². The molecule has 0 bridgehead atoms. The number of fused-ring (bicyclic) bond motifs is 1. The number of aryl methyl sites for hydroxylation is 2. The maximum atomic E-state index is 12.9. The summed E-state index contributed by atoms with van der Waals surface area (Å²) < 4.78 is 3.26. The van der Waals surface area contributed by atoms with E-state index >= 15 is 0 Å². The van der Waals surface area contributed by atoms with E-state index in [4.69, 9.17) is 0 Å². The third-order valence-electron chi connectivity index (χ3n) is 4.64. The fourth-order valence-electron chi connectivity index (χ4n) is 3.06. The Labute approximate surface area is 155 Å². The van der Waals surface area contributed by atoms with Crippen LogP contribution in [0.5, 0.6) is 0 Å². The molecule has 0 saturated carbocycles. The second-order valence-corrected chi connectivity index (χ2v) is 6.32. The molecule has 4 rings (SSSR count). The quantitative estimate of drug-likeness (QED) is 0.601. The Balaban J connectivity index is 1.68. The van der Waals surface area contributed by atoms with Crippen LogP contribution in [-0.4, -0.2) is 35.3 Å². The van der Waals surface area contributed by atoms with Gasteiger partial charge in [-0.3, -0.25) is 9.48 Å². The van der Waals surface area contributed by atoms with Crippen molar-refractivity contribution in [2.75, 3.05) is 0 Å². The average Bonchev–Trinajstić information content (AvgIpc) is 3.24. The predicted molar refractivity (Wildman–Crippen MR) is 100 cm³/mol. The number of benzene rings is 1. The van der Waals surface area contributed by atoms with Crippen LogP contribution in [0.1, 0.15) is 27.4 Å². The van der Waals surface area contributed by atoms with E-state index < -0.39 is 0 Å². The molecule has 1 aromatic carbocycles. The van der Waals surface area contributed by atoms with E-state index in [0.717, 1.165) is 22.5 Å². The molecule has 4 aromatic rings. The third-order valence-corrected chi connectivity index (χ3v) is 4.64. The predicted octanol–water partition coefficient (Wildman–Crippen LogP) is 2.07. The van der Waals surface area contributed by atoms with Crippen LogP contribution in [0.25, 0.3) is 17.0 Å². The summed E-state index contributed by atoms with van der Waals surface area (Å²) in [5, 5.41) is 11.5. The maximum Gasteiger partial charge on any atom is 0.270 e. The molecule has 0 radical (unpaired) electrons. The number of rotatable bonds is 4. The second-order valence-electron chi connectivity index (χ2n) is 6.32. The van der Waals surface area contributed by atoms with E-state index in [0.29, 0.717) is 23.7 Å². The average molecular weight is 361 g/mol. The van der Waals surface area contributed by atoms with Crippen LogP contribution in [0.3, 0.4) is 0 Å². The minimum atomic E-state index is -0.243. The van der Waals surface area contributed by atoms with Gasteiger partial charge in [0.15, 0.2) is 0 Å². The van der Waals surface area contributed by atoms with E-state index in [1.165, 1.54) is 10.8 Å². The third kappa shape index (κ3) is 3.05. The highest BCUT2D eigenvalue weighted by Gasteiger charge is 2.17.